The molecule has 0 saturated carbocycles. The van der Waals surface area contributed by atoms with Gasteiger partial charge in [-0.1, -0.05) is 60.7 Å². The minimum Gasteiger partial charge on any atom is -0.457 e. The van der Waals surface area contributed by atoms with Gasteiger partial charge in [0, 0.05) is 24.0 Å². The molecule has 0 aliphatic carbocycles. The maximum absolute atomic E-state index is 6.27. The molecule has 1 atom stereocenters. The van der Waals surface area contributed by atoms with Crippen molar-refractivity contribution in [1.82, 2.24) is 4.90 Å². The summed E-state index contributed by atoms with van der Waals surface area (Å²) in [6, 6.07) is 22.7. The van der Waals surface area contributed by atoms with E-state index in [0.29, 0.717) is 0 Å². The van der Waals surface area contributed by atoms with Crippen LogP contribution in [0.1, 0.15) is 11.6 Å². The largest absolute Gasteiger partial charge is 0.457 e. The van der Waals surface area contributed by atoms with Crippen LogP contribution < -0.4 is 4.74 Å². The van der Waals surface area contributed by atoms with E-state index in [0.717, 1.165) is 43.4 Å². The first-order valence-corrected chi connectivity index (χ1v) is 9.35. The summed E-state index contributed by atoms with van der Waals surface area (Å²) in [7, 11) is 0. The van der Waals surface area contributed by atoms with Gasteiger partial charge in [-0.3, -0.25) is 4.90 Å². The molecular formula is C22H21NO2S. The van der Waals surface area contributed by atoms with Crippen LogP contribution >= 0.6 is 12.2 Å². The summed E-state index contributed by atoms with van der Waals surface area (Å²) in [5.41, 5.74) is 1.09. The van der Waals surface area contributed by atoms with Gasteiger partial charge < -0.3 is 9.47 Å². The Morgan fingerprint density at radius 3 is 2.46 bits per heavy atom. The Labute approximate surface area is 159 Å². The van der Waals surface area contributed by atoms with Crippen LogP contribution in [0.4, 0.5) is 0 Å². The molecule has 1 heterocycles. The van der Waals surface area contributed by atoms with Gasteiger partial charge in [-0.15, -0.1) is 0 Å². The van der Waals surface area contributed by atoms with Crippen LogP contribution in [-0.4, -0.2) is 36.6 Å². The molecule has 1 saturated heterocycles. The maximum Gasteiger partial charge on any atom is 0.132 e. The van der Waals surface area contributed by atoms with Crippen molar-refractivity contribution in [3.05, 3.63) is 72.3 Å². The van der Waals surface area contributed by atoms with Crippen LogP contribution in [0.15, 0.2) is 66.7 Å². The Bertz CT molecular complexity index is 905. The van der Waals surface area contributed by atoms with Crippen molar-refractivity contribution in [2.75, 3.05) is 26.3 Å². The molecule has 3 aromatic rings. The topological polar surface area (TPSA) is 21.7 Å². The van der Waals surface area contributed by atoms with E-state index in [9.17, 15) is 0 Å². The standard InChI is InChI=1S/C22H21NO2S/c26-16-21(23-11-13-24-14-12-23)20-7-3-4-8-22(20)25-19-10-9-17-5-1-2-6-18(17)15-19/h1-10,15-16,21H,11-14H2. The number of hydrogen-bond acceptors (Lipinski definition) is 4. The molecule has 1 aliphatic heterocycles. The van der Waals surface area contributed by atoms with Crippen molar-refractivity contribution in [2.45, 2.75) is 6.04 Å². The van der Waals surface area contributed by atoms with E-state index >= 15 is 0 Å². The second-order valence-corrected chi connectivity index (χ2v) is 6.65. The molecule has 0 spiro atoms. The third-order valence-corrected chi connectivity index (χ3v) is 5.01. The summed E-state index contributed by atoms with van der Waals surface area (Å²) in [5.74, 6) is 1.68. The SMILES string of the molecule is S=CC(c1ccccc1Oc1ccc2ccccc2c1)N1CCOCC1. The number of benzene rings is 3. The van der Waals surface area contributed by atoms with E-state index in [2.05, 4.69) is 35.2 Å². The molecule has 0 bridgehead atoms. The molecule has 132 valence electrons. The van der Waals surface area contributed by atoms with Crippen molar-refractivity contribution in [3.63, 3.8) is 0 Å². The lowest BCUT2D eigenvalue weighted by atomic mass is 10.0. The van der Waals surface area contributed by atoms with Gasteiger partial charge in [0.1, 0.15) is 11.5 Å². The summed E-state index contributed by atoms with van der Waals surface area (Å²) >= 11 is 5.36. The van der Waals surface area contributed by atoms with Gasteiger partial charge in [0.05, 0.1) is 19.3 Å². The quantitative estimate of drug-likeness (QED) is 0.594. The lowest BCUT2D eigenvalue weighted by Gasteiger charge is -2.33. The number of ether oxygens (including phenoxy) is 2. The van der Waals surface area contributed by atoms with Crippen molar-refractivity contribution >= 4 is 28.4 Å². The Hall–Kier alpha value is -2.27. The van der Waals surface area contributed by atoms with Gasteiger partial charge in [-0.05, 0) is 29.0 Å². The molecule has 3 nitrogen and oxygen atoms in total. The fraction of sp³-hybridized carbons (Fsp3) is 0.227. The number of thiocarbonyl (C=S) groups is 1. The summed E-state index contributed by atoms with van der Waals surface area (Å²) in [6.45, 7) is 3.24. The van der Waals surface area contributed by atoms with Crippen molar-refractivity contribution in [3.8, 4) is 11.5 Å². The van der Waals surface area contributed by atoms with Crippen molar-refractivity contribution < 1.29 is 9.47 Å². The Kier molecular flexibility index (Phi) is 5.25. The van der Waals surface area contributed by atoms with Crippen molar-refractivity contribution in [1.29, 1.82) is 0 Å². The molecule has 26 heavy (non-hydrogen) atoms. The molecular weight excluding hydrogens is 342 g/mol. The molecule has 4 rings (SSSR count). The average Bonchev–Trinajstić information content (AvgIpc) is 2.71. The number of fused-ring (bicyclic) bond motifs is 1. The molecule has 4 heteroatoms. The summed E-state index contributed by atoms with van der Waals surface area (Å²) in [6.07, 6.45) is 0. The van der Waals surface area contributed by atoms with Gasteiger partial charge in [0.25, 0.3) is 0 Å². The number of nitrogens with zero attached hydrogens (tertiary/aromatic N) is 1. The highest BCUT2D eigenvalue weighted by Crippen LogP contribution is 2.33. The third-order valence-electron chi connectivity index (χ3n) is 4.75. The molecule has 1 fully saturated rings. The maximum atomic E-state index is 6.27. The van der Waals surface area contributed by atoms with E-state index in [1.165, 1.54) is 10.8 Å². The Balaban J connectivity index is 1.64. The minimum absolute atomic E-state index is 0.0468. The van der Waals surface area contributed by atoms with Gasteiger partial charge >= 0.3 is 0 Å². The van der Waals surface area contributed by atoms with E-state index in [1.54, 1.807) is 0 Å². The molecule has 0 radical (unpaired) electrons. The lowest BCUT2D eigenvalue weighted by Crippen LogP contribution is -2.39. The Morgan fingerprint density at radius 1 is 0.923 bits per heavy atom. The zero-order chi connectivity index (χ0) is 17.8. The lowest BCUT2D eigenvalue weighted by molar-refractivity contribution is 0.0295. The zero-order valence-corrected chi connectivity index (χ0v) is 15.3. The second-order valence-electron chi connectivity index (χ2n) is 6.38. The van der Waals surface area contributed by atoms with E-state index < -0.39 is 0 Å². The van der Waals surface area contributed by atoms with E-state index in [1.807, 2.05) is 41.8 Å². The molecule has 1 aliphatic rings. The summed E-state index contributed by atoms with van der Waals surface area (Å²) in [4.78, 5) is 2.35. The van der Waals surface area contributed by atoms with Gasteiger partial charge in [0.2, 0.25) is 0 Å². The first-order valence-electron chi connectivity index (χ1n) is 8.88. The molecule has 0 N–H and O–H groups in total. The normalized spacial score (nSPS) is 16.3. The molecule has 1 unspecified atom stereocenters. The number of para-hydroxylation sites is 1. The molecule has 0 amide bonds. The second kappa shape index (κ2) is 7.96. The monoisotopic (exact) mass is 363 g/mol. The first kappa shape index (κ1) is 17.2. The van der Waals surface area contributed by atoms with Crippen LogP contribution in [0, 0.1) is 0 Å². The van der Waals surface area contributed by atoms with Crippen LogP contribution in [0.5, 0.6) is 11.5 Å². The average molecular weight is 363 g/mol. The third kappa shape index (κ3) is 3.63. The summed E-state index contributed by atoms with van der Waals surface area (Å²) < 4.78 is 11.7. The molecule has 0 aromatic heterocycles. The van der Waals surface area contributed by atoms with Crippen molar-refractivity contribution in [2.24, 2.45) is 0 Å². The zero-order valence-electron chi connectivity index (χ0n) is 14.5. The first-order chi connectivity index (χ1) is 12.8. The van der Waals surface area contributed by atoms with Crippen LogP contribution in [0.2, 0.25) is 0 Å². The fourth-order valence-electron chi connectivity index (χ4n) is 3.39. The number of morpholine rings is 1. The number of rotatable bonds is 5. The minimum atomic E-state index is 0.0468. The van der Waals surface area contributed by atoms with Crippen LogP contribution in [0.25, 0.3) is 10.8 Å². The summed E-state index contributed by atoms with van der Waals surface area (Å²) in [5, 5.41) is 4.20. The smallest absolute Gasteiger partial charge is 0.132 e. The predicted molar refractivity (Wildman–Crippen MR) is 109 cm³/mol. The van der Waals surface area contributed by atoms with E-state index in [4.69, 9.17) is 21.7 Å². The molecule has 3 aromatic carbocycles. The fourth-order valence-corrected chi connectivity index (χ4v) is 3.71. The van der Waals surface area contributed by atoms with E-state index in [-0.39, 0.29) is 6.04 Å². The highest BCUT2D eigenvalue weighted by atomic mass is 32.1. The highest BCUT2D eigenvalue weighted by molar-refractivity contribution is 7.79. The number of hydrogen-bond donors (Lipinski definition) is 0. The van der Waals surface area contributed by atoms with Gasteiger partial charge in [0.15, 0.2) is 0 Å². The Morgan fingerprint density at radius 2 is 1.65 bits per heavy atom. The van der Waals surface area contributed by atoms with Gasteiger partial charge in [-0.25, -0.2) is 0 Å². The predicted octanol–water partition coefficient (Wildman–Crippen LogP) is 5.01. The van der Waals surface area contributed by atoms with Crippen LogP contribution in [-0.2, 0) is 4.74 Å². The van der Waals surface area contributed by atoms with Gasteiger partial charge in [-0.2, -0.15) is 0 Å². The highest BCUT2D eigenvalue weighted by Gasteiger charge is 2.23. The van der Waals surface area contributed by atoms with Crippen LogP contribution in [0.3, 0.4) is 0 Å².